The van der Waals surface area contributed by atoms with Crippen molar-refractivity contribution in [1.29, 1.82) is 0 Å². The van der Waals surface area contributed by atoms with Crippen LogP contribution >= 0.6 is 0 Å². The Morgan fingerprint density at radius 1 is 1.19 bits per heavy atom. The highest BCUT2D eigenvalue weighted by atomic mass is 19.1. The topological polar surface area (TPSA) is 34.1 Å². The molecule has 1 aromatic carbocycles. The van der Waals surface area contributed by atoms with Crippen molar-refractivity contribution >= 4 is 11.6 Å². The maximum Gasteiger partial charge on any atom is 0.143 e. The van der Waals surface area contributed by atoms with E-state index in [0.29, 0.717) is 31.2 Å². The van der Waals surface area contributed by atoms with Gasteiger partial charge in [-0.1, -0.05) is 12.1 Å². The summed E-state index contributed by atoms with van der Waals surface area (Å²) in [5.74, 6) is -0.871. The number of Topliss-reactive ketones (excluding diaryl/α,β-unsaturated/α-hetero) is 2. The lowest BCUT2D eigenvalue weighted by Crippen LogP contribution is -2.30. The second kappa shape index (κ2) is 4.56. The van der Waals surface area contributed by atoms with Crippen LogP contribution in [0.2, 0.25) is 0 Å². The molecule has 1 aliphatic carbocycles. The Hall–Kier alpha value is -1.51. The number of ketones is 2. The summed E-state index contributed by atoms with van der Waals surface area (Å²) in [6.07, 6.45) is 1.96. The third-order valence-corrected chi connectivity index (χ3v) is 2.95. The molecule has 0 bridgehead atoms. The van der Waals surface area contributed by atoms with Gasteiger partial charge in [0.2, 0.25) is 0 Å². The van der Waals surface area contributed by atoms with Gasteiger partial charge in [0.1, 0.15) is 17.4 Å². The van der Waals surface area contributed by atoms with Crippen LogP contribution in [-0.2, 0) is 16.0 Å². The number of rotatable bonds is 2. The molecular weight excluding hydrogens is 207 g/mol. The molecule has 0 atom stereocenters. The Kier molecular flexibility index (Phi) is 3.13. The minimum Gasteiger partial charge on any atom is -0.299 e. The molecule has 0 aliphatic heterocycles. The summed E-state index contributed by atoms with van der Waals surface area (Å²) in [7, 11) is 0. The minimum atomic E-state index is -0.546. The molecular formula is C13H13FO2. The first-order valence-electron chi connectivity index (χ1n) is 5.46. The van der Waals surface area contributed by atoms with Crippen molar-refractivity contribution < 1.29 is 14.0 Å². The molecule has 0 heterocycles. The van der Waals surface area contributed by atoms with Crippen LogP contribution in [0.4, 0.5) is 4.39 Å². The Morgan fingerprint density at radius 3 is 2.50 bits per heavy atom. The largest absolute Gasteiger partial charge is 0.299 e. The van der Waals surface area contributed by atoms with E-state index < -0.39 is 5.92 Å². The van der Waals surface area contributed by atoms with Gasteiger partial charge in [0.15, 0.2) is 0 Å². The number of carbonyl (C=O) groups excluding carboxylic acids is 2. The molecule has 0 spiro atoms. The molecule has 1 saturated carbocycles. The fourth-order valence-electron chi connectivity index (χ4n) is 2.09. The van der Waals surface area contributed by atoms with Crippen molar-refractivity contribution in [2.75, 3.05) is 0 Å². The number of halogens is 1. The molecule has 0 N–H and O–H groups in total. The average molecular weight is 220 g/mol. The molecule has 1 aromatic rings. The normalized spacial score (nSPS) is 17.8. The second-order valence-electron chi connectivity index (χ2n) is 4.17. The van der Waals surface area contributed by atoms with Gasteiger partial charge in [0, 0.05) is 12.8 Å². The fraction of sp³-hybridized carbons (Fsp3) is 0.385. The van der Waals surface area contributed by atoms with Crippen LogP contribution in [-0.4, -0.2) is 11.6 Å². The van der Waals surface area contributed by atoms with Gasteiger partial charge in [-0.25, -0.2) is 4.39 Å². The SMILES string of the molecule is O=C1CCCC(=O)C1Cc1cccc(F)c1. The van der Waals surface area contributed by atoms with E-state index >= 15 is 0 Å². The van der Waals surface area contributed by atoms with Gasteiger partial charge in [-0.2, -0.15) is 0 Å². The van der Waals surface area contributed by atoms with Gasteiger partial charge < -0.3 is 0 Å². The van der Waals surface area contributed by atoms with Crippen molar-refractivity contribution in [3.8, 4) is 0 Å². The quantitative estimate of drug-likeness (QED) is 0.717. The summed E-state index contributed by atoms with van der Waals surface area (Å²) < 4.78 is 12.9. The van der Waals surface area contributed by atoms with Gasteiger partial charge in [-0.15, -0.1) is 0 Å². The van der Waals surface area contributed by atoms with Gasteiger partial charge >= 0.3 is 0 Å². The molecule has 0 aromatic heterocycles. The zero-order chi connectivity index (χ0) is 11.5. The Labute approximate surface area is 93.5 Å². The van der Waals surface area contributed by atoms with Crippen LogP contribution in [0.5, 0.6) is 0 Å². The van der Waals surface area contributed by atoms with E-state index in [-0.39, 0.29) is 17.4 Å². The van der Waals surface area contributed by atoms with E-state index in [4.69, 9.17) is 0 Å². The molecule has 2 nitrogen and oxygen atoms in total. The van der Waals surface area contributed by atoms with Crippen molar-refractivity contribution in [2.45, 2.75) is 25.7 Å². The molecule has 84 valence electrons. The molecule has 0 saturated heterocycles. The predicted octanol–water partition coefficient (Wildman–Crippen LogP) is 2.31. The van der Waals surface area contributed by atoms with Crippen LogP contribution in [0.3, 0.4) is 0 Å². The van der Waals surface area contributed by atoms with E-state index in [1.165, 1.54) is 12.1 Å². The average Bonchev–Trinajstić information content (AvgIpc) is 2.24. The predicted molar refractivity (Wildman–Crippen MR) is 57.5 cm³/mol. The third-order valence-electron chi connectivity index (χ3n) is 2.95. The van der Waals surface area contributed by atoms with Crippen molar-refractivity contribution in [3.63, 3.8) is 0 Å². The highest BCUT2D eigenvalue weighted by Crippen LogP contribution is 2.21. The van der Waals surface area contributed by atoms with E-state index in [1.54, 1.807) is 12.1 Å². The lowest BCUT2D eigenvalue weighted by Gasteiger charge is -2.19. The van der Waals surface area contributed by atoms with Gasteiger partial charge in [-0.3, -0.25) is 9.59 Å². The summed E-state index contributed by atoms with van der Waals surface area (Å²) in [4.78, 5) is 23.2. The van der Waals surface area contributed by atoms with Gasteiger partial charge in [-0.05, 0) is 30.5 Å². The first-order valence-corrected chi connectivity index (χ1v) is 5.46. The molecule has 0 radical (unpaired) electrons. The van der Waals surface area contributed by atoms with Crippen LogP contribution in [0, 0.1) is 11.7 Å². The molecule has 16 heavy (non-hydrogen) atoms. The van der Waals surface area contributed by atoms with Gasteiger partial charge in [0.25, 0.3) is 0 Å². The number of benzene rings is 1. The summed E-state index contributed by atoms with van der Waals surface area (Å²) >= 11 is 0. The minimum absolute atomic E-state index is 0.000473. The van der Waals surface area contributed by atoms with Crippen LogP contribution in [0.25, 0.3) is 0 Å². The van der Waals surface area contributed by atoms with Crippen LogP contribution in [0.1, 0.15) is 24.8 Å². The third kappa shape index (κ3) is 2.35. The number of hydrogen-bond donors (Lipinski definition) is 0. The van der Waals surface area contributed by atoms with Crippen molar-refractivity contribution in [2.24, 2.45) is 5.92 Å². The number of hydrogen-bond acceptors (Lipinski definition) is 2. The van der Waals surface area contributed by atoms with E-state index in [9.17, 15) is 14.0 Å². The zero-order valence-corrected chi connectivity index (χ0v) is 8.91. The van der Waals surface area contributed by atoms with E-state index in [2.05, 4.69) is 0 Å². The van der Waals surface area contributed by atoms with Crippen molar-refractivity contribution in [3.05, 3.63) is 35.6 Å². The standard InChI is InChI=1S/C13H13FO2/c14-10-4-1-3-9(7-10)8-11-12(15)5-2-6-13(11)16/h1,3-4,7,11H,2,5-6,8H2. The Morgan fingerprint density at radius 2 is 1.88 bits per heavy atom. The maximum atomic E-state index is 12.9. The van der Waals surface area contributed by atoms with E-state index in [0.717, 1.165) is 0 Å². The highest BCUT2D eigenvalue weighted by Gasteiger charge is 2.29. The van der Waals surface area contributed by atoms with Crippen molar-refractivity contribution in [1.82, 2.24) is 0 Å². The monoisotopic (exact) mass is 220 g/mol. The fourth-order valence-corrected chi connectivity index (χ4v) is 2.09. The lowest BCUT2D eigenvalue weighted by molar-refractivity contribution is -0.135. The first-order chi connectivity index (χ1) is 7.66. The van der Waals surface area contributed by atoms with Crippen LogP contribution in [0.15, 0.2) is 24.3 Å². The Balaban J connectivity index is 2.13. The molecule has 3 heteroatoms. The van der Waals surface area contributed by atoms with Crippen LogP contribution < -0.4 is 0 Å². The summed E-state index contributed by atoms with van der Waals surface area (Å²) in [5, 5.41) is 0. The summed E-state index contributed by atoms with van der Waals surface area (Å²) in [5.41, 5.74) is 0.716. The summed E-state index contributed by atoms with van der Waals surface area (Å²) in [6.45, 7) is 0. The Bertz CT molecular complexity index is 410. The number of carbonyl (C=O) groups is 2. The lowest BCUT2D eigenvalue weighted by atomic mass is 9.82. The molecule has 0 amide bonds. The first kappa shape index (κ1) is 11.0. The smallest absolute Gasteiger partial charge is 0.143 e. The molecule has 1 fully saturated rings. The zero-order valence-electron chi connectivity index (χ0n) is 8.91. The van der Waals surface area contributed by atoms with Gasteiger partial charge in [0.05, 0.1) is 5.92 Å². The maximum absolute atomic E-state index is 12.9. The summed E-state index contributed by atoms with van der Waals surface area (Å²) in [6, 6.07) is 6.09. The highest BCUT2D eigenvalue weighted by molar-refractivity contribution is 6.04. The molecule has 1 aliphatic rings. The second-order valence-corrected chi connectivity index (χ2v) is 4.17. The molecule has 0 unspecified atom stereocenters. The van der Waals surface area contributed by atoms with E-state index in [1.807, 2.05) is 0 Å². The molecule has 2 rings (SSSR count).